The molecule has 27 heavy (non-hydrogen) atoms. The van der Waals surface area contributed by atoms with E-state index >= 15 is 0 Å². The molecule has 0 saturated carbocycles. The van der Waals surface area contributed by atoms with Gasteiger partial charge >= 0.3 is 41.0 Å². The summed E-state index contributed by atoms with van der Waals surface area (Å²) >= 11 is 0. The number of carbonyl (C=O) groups is 3. The largest absolute Gasteiger partial charge is 2.00 e. The summed E-state index contributed by atoms with van der Waals surface area (Å²) in [6.07, 6.45) is 0. The van der Waals surface area contributed by atoms with Crippen molar-refractivity contribution in [2.45, 2.75) is 32.9 Å². The van der Waals surface area contributed by atoms with E-state index in [4.69, 9.17) is 18.8 Å². The fourth-order valence-electron chi connectivity index (χ4n) is 1.31. The van der Waals surface area contributed by atoms with Crippen molar-refractivity contribution < 1.29 is 44.4 Å². The van der Waals surface area contributed by atoms with Gasteiger partial charge < -0.3 is 17.1 Å². The van der Waals surface area contributed by atoms with Gasteiger partial charge in [0, 0.05) is 11.1 Å². The first-order chi connectivity index (χ1) is 11.7. The van der Waals surface area contributed by atoms with Gasteiger partial charge in [0.05, 0.1) is 0 Å². The van der Waals surface area contributed by atoms with Gasteiger partial charge in [-0.25, -0.2) is 9.59 Å². The molecule has 0 rings (SSSR count). The van der Waals surface area contributed by atoms with Crippen LogP contribution in [0.1, 0.15) is 30.5 Å². The van der Waals surface area contributed by atoms with E-state index in [2.05, 4.69) is 13.2 Å². The first-order valence-corrected chi connectivity index (χ1v) is 9.00. The molecule has 0 saturated heterocycles. The Morgan fingerprint density at radius 3 is 1.70 bits per heavy atom. The predicted molar refractivity (Wildman–Crippen MR) is 99.6 cm³/mol. The Bertz CT molecular complexity index is 677. The van der Waals surface area contributed by atoms with Crippen molar-refractivity contribution in [2.24, 2.45) is 5.41 Å². The van der Waals surface area contributed by atoms with Crippen LogP contribution in [0.15, 0.2) is 24.3 Å². The molecule has 1 atom stereocenters. The number of hydrogen-bond acceptors (Lipinski definition) is 8. The van der Waals surface area contributed by atoms with Crippen LogP contribution in [0, 0.1) is 5.41 Å². The topological polar surface area (TPSA) is 133 Å². The van der Waals surface area contributed by atoms with Gasteiger partial charge in [0.2, 0.25) is 0 Å². The molecule has 0 radical (unpaired) electrons. The van der Waals surface area contributed by atoms with Crippen LogP contribution in [-0.2, 0) is 38.7 Å². The van der Waals surface area contributed by atoms with Crippen molar-refractivity contribution in [3.8, 4) is 0 Å². The molecule has 0 fully saturated rings. The fraction of sp³-hybridized carbons (Fsp3) is 0.562. The number of ether oxygens (including phenoxy) is 3. The van der Waals surface area contributed by atoms with Crippen molar-refractivity contribution in [1.29, 1.82) is 0 Å². The maximum atomic E-state index is 12.3. The van der Waals surface area contributed by atoms with Crippen LogP contribution in [0.5, 0.6) is 0 Å². The summed E-state index contributed by atoms with van der Waals surface area (Å²) in [5, 5.41) is -1.35. The summed E-state index contributed by atoms with van der Waals surface area (Å²) in [4.78, 5) is 35.4. The molecule has 0 aromatic carbocycles. The molecule has 9 nitrogen and oxygen atoms in total. The van der Waals surface area contributed by atoms with Crippen molar-refractivity contribution in [2.75, 3.05) is 19.8 Å². The molecule has 0 heterocycles. The Hall–Kier alpha value is -1.43. The molecule has 11 heteroatoms. The number of esters is 3. The van der Waals surface area contributed by atoms with Crippen LogP contribution in [0.3, 0.4) is 0 Å². The third-order valence-corrected chi connectivity index (χ3v) is 4.34. The van der Waals surface area contributed by atoms with E-state index in [-0.39, 0.29) is 37.1 Å². The minimum Gasteiger partial charge on any atom is -1.00 e. The van der Waals surface area contributed by atoms with Crippen LogP contribution < -0.4 is 0 Å². The standard InChI is InChI=1S/C16H24O9S.Mg.2H/c1-10(2)13(17)24-8-16(6,9-25-14(18)11(3)4)15(19)23-7-12(5)26(20,21)22;;;/h12H,1,3,7-9H2,2,4-6H3,(H,20,21,22);;;/q;+2;2*-1. The Labute approximate surface area is 178 Å². The quantitative estimate of drug-likeness (QED) is 0.180. The molecule has 152 valence electrons. The minimum atomic E-state index is -4.39. The zero-order chi connectivity index (χ0) is 20.7. The van der Waals surface area contributed by atoms with E-state index in [9.17, 15) is 22.8 Å². The molecule has 0 aromatic heterocycles. The van der Waals surface area contributed by atoms with Gasteiger partial charge in [0.25, 0.3) is 10.1 Å². The monoisotopic (exact) mass is 418 g/mol. The van der Waals surface area contributed by atoms with Gasteiger partial charge in [-0.1, -0.05) is 13.2 Å². The van der Waals surface area contributed by atoms with Crippen LogP contribution in [0.4, 0.5) is 0 Å². The fourth-order valence-corrected chi connectivity index (χ4v) is 1.55. The molecule has 0 spiro atoms. The summed E-state index contributed by atoms with van der Waals surface area (Å²) < 4.78 is 45.6. The summed E-state index contributed by atoms with van der Waals surface area (Å²) in [6, 6.07) is 0. The molecule has 0 aliphatic heterocycles. The third-order valence-electron chi connectivity index (χ3n) is 3.19. The number of carbonyl (C=O) groups excluding carboxylic acids is 3. The molecule has 1 N–H and O–H groups in total. The van der Waals surface area contributed by atoms with E-state index in [1.165, 1.54) is 20.8 Å². The van der Waals surface area contributed by atoms with E-state index in [0.29, 0.717) is 0 Å². The average molecular weight is 419 g/mol. The summed E-state index contributed by atoms with van der Waals surface area (Å²) in [6.45, 7) is 10.4. The summed E-state index contributed by atoms with van der Waals surface area (Å²) in [5.41, 5.74) is -1.41. The maximum Gasteiger partial charge on any atom is 2.00 e. The second-order valence-corrected chi connectivity index (χ2v) is 8.03. The smallest absolute Gasteiger partial charge is 1.00 e. The summed E-state index contributed by atoms with van der Waals surface area (Å²) in [7, 11) is -4.39. The van der Waals surface area contributed by atoms with Crippen molar-refractivity contribution >= 4 is 51.1 Å². The van der Waals surface area contributed by atoms with Crippen LogP contribution >= 0.6 is 0 Å². The SMILES string of the molecule is C=C(C)C(=O)OCC(C)(COC(=O)C(=C)C)C(=O)OCC(C)S(=O)(=O)O.[H-].[H-].[Mg+2]. The average Bonchev–Trinajstić information content (AvgIpc) is 2.53. The van der Waals surface area contributed by atoms with Crippen molar-refractivity contribution in [3.05, 3.63) is 24.3 Å². The molecule has 1 unspecified atom stereocenters. The Morgan fingerprint density at radius 1 is 1.04 bits per heavy atom. The van der Waals surface area contributed by atoms with Crippen LogP contribution in [0.25, 0.3) is 0 Å². The summed E-state index contributed by atoms with van der Waals surface area (Å²) in [5.74, 6) is -2.50. The second-order valence-electron chi connectivity index (χ2n) is 6.20. The van der Waals surface area contributed by atoms with E-state index in [1.807, 2.05) is 0 Å². The Balaban J connectivity index is -0.00000104. The van der Waals surface area contributed by atoms with Gasteiger partial charge in [0.15, 0.2) is 0 Å². The first-order valence-electron chi connectivity index (χ1n) is 7.49. The zero-order valence-corrected chi connectivity index (χ0v) is 18.2. The number of rotatable bonds is 10. The zero-order valence-electron chi connectivity index (χ0n) is 17.9. The van der Waals surface area contributed by atoms with Gasteiger partial charge in [-0.05, 0) is 27.7 Å². The van der Waals surface area contributed by atoms with Crippen LogP contribution in [-0.4, -0.2) is 79.0 Å². The van der Waals surface area contributed by atoms with Gasteiger partial charge in [0.1, 0.15) is 30.5 Å². The molecular formula is C16H26MgO9S. The second kappa shape index (κ2) is 11.4. The molecule has 0 amide bonds. The molecule has 0 aliphatic carbocycles. The van der Waals surface area contributed by atoms with Crippen molar-refractivity contribution in [3.63, 3.8) is 0 Å². The third kappa shape index (κ3) is 9.89. The molecule has 0 bridgehead atoms. The van der Waals surface area contributed by atoms with E-state index in [1.54, 1.807) is 0 Å². The number of hydrogen-bond donors (Lipinski definition) is 1. The Morgan fingerprint density at radius 2 is 1.41 bits per heavy atom. The van der Waals surface area contributed by atoms with Gasteiger partial charge in [-0.15, -0.1) is 0 Å². The van der Waals surface area contributed by atoms with Gasteiger partial charge in [-0.3, -0.25) is 9.35 Å². The predicted octanol–water partition coefficient (Wildman–Crippen LogP) is 0.895. The molecular weight excluding hydrogens is 393 g/mol. The van der Waals surface area contributed by atoms with E-state index in [0.717, 1.165) is 6.92 Å². The molecule has 0 aliphatic rings. The van der Waals surface area contributed by atoms with E-state index < -0.39 is 58.5 Å². The van der Waals surface area contributed by atoms with Crippen LogP contribution in [0.2, 0.25) is 0 Å². The first kappa shape index (κ1) is 27.8. The Kier molecular flexibility index (Phi) is 11.7. The maximum absolute atomic E-state index is 12.3. The van der Waals surface area contributed by atoms with Crippen molar-refractivity contribution in [1.82, 2.24) is 0 Å². The normalized spacial score (nSPS) is 12.2. The minimum absolute atomic E-state index is 0. The molecule has 0 aromatic rings. The van der Waals surface area contributed by atoms with Gasteiger partial charge in [-0.2, -0.15) is 8.42 Å².